The molecule has 0 saturated carbocycles. The zero-order valence-corrected chi connectivity index (χ0v) is 15.9. The fraction of sp³-hybridized carbons (Fsp3) is 0.588. The third-order valence-electron chi connectivity index (χ3n) is 5.17. The number of nitrogens with zero attached hydrogens (tertiary/aromatic N) is 3. The maximum atomic E-state index is 13.1. The van der Waals surface area contributed by atoms with Crippen LogP contribution < -0.4 is 5.14 Å². The van der Waals surface area contributed by atoms with Gasteiger partial charge in [0.15, 0.2) is 5.60 Å². The van der Waals surface area contributed by atoms with Crippen LogP contribution in [0.4, 0.5) is 4.39 Å². The number of rotatable bonds is 5. The molecule has 2 heterocycles. The molecule has 2 aliphatic rings. The molecule has 2 fully saturated rings. The van der Waals surface area contributed by atoms with Crippen LogP contribution in [0.3, 0.4) is 0 Å². The molecular weight excluding hydrogens is 375 g/mol. The summed E-state index contributed by atoms with van der Waals surface area (Å²) in [6, 6.07) is 5.95. The van der Waals surface area contributed by atoms with Crippen molar-refractivity contribution in [2.45, 2.75) is 25.0 Å². The number of carbonyl (C=O) groups is 1. The van der Waals surface area contributed by atoms with Gasteiger partial charge in [0, 0.05) is 45.8 Å². The number of likely N-dealkylation sites (tertiary alicyclic amines) is 1. The summed E-state index contributed by atoms with van der Waals surface area (Å²) in [5, 5.41) is 16.1. The third kappa shape index (κ3) is 4.82. The van der Waals surface area contributed by atoms with Crippen molar-refractivity contribution in [3.05, 3.63) is 35.6 Å². The molecule has 10 heteroatoms. The second-order valence-corrected chi connectivity index (χ2v) is 8.75. The molecule has 1 atom stereocenters. The Labute approximate surface area is 158 Å². The minimum atomic E-state index is -3.71. The molecule has 0 spiro atoms. The third-order valence-corrected chi connectivity index (χ3v) is 6.25. The first-order chi connectivity index (χ1) is 12.7. The van der Waals surface area contributed by atoms with Crippen molar-refractivity contribution in [2.75, 3.05) is 39.3 Å². The van der Waals surface area contributed by atoms with Crippen LogP contribution in [0, 0.1) is 5.82 Å². The Morgan fingerprint density at radius 3 is 2.33 bits per heavy atom. The van der Waals surface area contributed by atoms with Gasteiger partial charge in [-0.15, -0.1) is 0 Å². The quantitative estimate of drug-likeness (QED) is 0.693. The Hall–Kier alpha value is -1.59. The van der Waals surface area contributed by atoms with Crippen LogP contribution >= 0.6 is 0 Å². The zero-order chi connectivity index (χ0) is 19.7. The highest BCUT2D eigenvalue weighted by Gasteiger charge is 2.43. The van der Waals surface area contributed by atoms with Crippen LogP contribution in [0.1, 0.15) is 18.4 Å². The summed E-state index contributed by atoms with van der Waals surface area (Å²) >= 11 is 0. The molecule has 1 unspecified atom stereocenters. The molecule has 1 amide bonds. The van der Waals surface area contributed by atoms with E-state index in [9.17, 15) is 22.7 Å². The Morgan fingerprint density at radius 1 is 1.11 bits per heavy atom. The predicted molar refractivity (Wildman–Crippen MR) is 97.1 cm³/mol. The van der Waals surface area contributed by atoms with Crippen molar-refractivity contribution in [3.63, 3.8) is 0 Å². The smallest absolute Gasteiger partial charge is 0.276 e. The largest absolute Gasteiger partial charge is 0.379 e. The topological polar surface area (TPSA) is 107 Å². The number of amides is 1. The average Bonchev–Trinajstić information content (AvgIpc) is 2.61. The Bertz CT molecular complexity index is 781. The first-order valence-corrected chi connectivity index (χ1v) is 10.4. The van der Waals surface area contributed by atoms with E-state index in [0.717, 1.165) is 5.56 Å². The highest BCUT2D eigenvalue weighted by atomic mass is 32.2. The summed E-state index contributed by atoms with van der Waals surface area (Å²) in [6.07, 6.45) is 1.03. The fourth-order valence-corrected chi connectivity index (χ4v) is 4.36. The van der Waals surface area contributed by atoms with E-state index in [1.807, 2.05) is 4.90 Å². The maximum Gasteiger partial charge on any atom is 0.276 e. The number of piperidine rings is 1. The Morgan fingerprint density at radius 2 is 1.74 bits per heavy atom. The van der Waals surface area contributed by atoms with Gasteiger partial charge in [-0.25, -0.2) is 9.53 Å². The molecule has 3 N–H and O–H groups in total. The summed E-state index contributed by atoms with van der Waals surface area (Å²) in [6.45, 7) is 2.31. The van der Waals surface area contributed by atoms with Gasteiger partial charge in [-0.2, -0.15) is 12.7 Å². The second kappa shape index (κ2) is 7.80. The average molecular weight is 400 g/mol. The molecule has 8 nitrogen and oxygen atoms in total. The van der Waals surface area contributed by atoms with E-state index < -0.39 is 15.8 Å². The molecule has 0 aromatic heterocycles. The predicted octanol–water partition coefficient (Wildman–Crippen LogP) is -0.500. The number of hydrogen-bond acceptors (Lipinski definition) is 5. The number of nitrogens with two attached hydrogens (primary N) is 1. The number of halogens is 1. The minimum absolute atomic E-state index is 0.157. The van der Waals surface area contributed by atoms with Gasteiger partial charge in [0.05, 0.1) is 0 Å². The summed E-state index contributed by atoms with van der Waals surface area (Å²) < 4.78 is 37.0. The maximum absolute atomic E-state index is 13.1. The van der Waals surface area contributed by atoms with Crippen LogP contribution in [-0.4, -0.2) is 78.4 Å². The van der Waals surface area contributed by atoms with Crippen molar-refractivity contribution >= 4 is 16.1 Å². The highest BCUT2D eigenvalue weighted by molar-refractivity contribution is 7.86. The van der Waals surface area contributed by atoms with Crippen LogP contribution in [-0.2, 0) is 21.5 Å². The lowest BCUT2D eigenvalue weighted by Crippen LogP contribution is -2.61. The van der Waals surface area contributed by atoms with Crippen LogP contribution in [0.5, 0.6) is 0 Å². The Kier molecular flexibility index (Phi) is 5.82. The first-order valence-electron chi connectivity index (χ1n) is 8.94. The number of hydrogen-bond donors (Lipinski definition) is 2. The van der Waals surface area contributed by atoms with E-state index in [0.29, 0.717) is 39.0 Å². The summed E-state index contributed by atoms with van der Waals surface area (Å²) in [4.78, 5) is 16.3. The van der Waals surface area contributed by atoms with E-state index in [1.165, 1.54) is 16.4 Å². The number of carbonyl (C=O) groups excluding carboxylic acids is 1. The second-order valence-electron chi connectivity index (χ2n) is 7.21. The fourth-order valence-electron chi connectivity index (χ4n) is 3.68. The SMILES string of the molecule is NS(=O)(=O)N1CCN(CC2(O)CCCN(Cc3ccc(F)cc3)C2=O)CC1. The van der Waals surface area contributed by atoms with Crippen molar-refractivity contribution in [3.8, 4) is 0 Å². The Balaban J connectivity index is 1.61. The van der Waals surface area contributed by atoms with E-state index >= 15 is 0 Å². The van der Waals surface area contributed by atoms with Gasteiger partial charge in [0.1, 0.15) is 5.82 Å². The molecule has 150 valence electrons. The number of aliphatic hydroxyl groups is 1. The van der Waals surface area contributed by atoms with Gasteiger partial charge in [-0.1, -0.05) is 12.1 Å². The van der Waals surface area contributed by atoms with Gasteiger partial charge < -0.3 is 10.0 Å². The standard InChI is InChI=1S/C17H25FN4O4S/c18-15-4-2-14(3-5-15)12-21-7-1-6-17(24,16(21)23)13-20-8-10-22(11-9-20)27(19,25)26/h2-5,24H,1,6-13H2,(H2,19,25,26). The van der Waals surface area contributed by atoms with Crippen molar-refractivity contribution in [1.29, 1.82) is 0 Å². The number of benzene rings is 1. The number of β-amino-alcohol motifs (C(OH)–C–C–N with tert-alkyl or cyclic N) is 1. The molecule has 0 radical (unpaired) electrons. The van der Waals surface area contributed by atoms with E-state index in [2.05, 4.69) is 0 Å². The van der Waals surface area contributed by atoms with Gasteiger partial charge in [-0.05, 0) is 30.5 Å². The molecule has 3 rings (SSSR count). The van der Waals surface area contributed by atoms with Gasteiger partial charge in [0.2, 0.25) is 0 Å². The minimum Gasteiger partial charge on any atom is -0.379 e. The summed E-state index contributed by atoms with van der Waals surface area (Å²) in [7, 11) is -3.71. The molecule has 2 aliphatic heterocycles. The molecule has 0 bridgehead atoms. The zero-order valence-electron chi connectivity index (χ0n) is 15.1. The molecule has 0 aliphatic carbocycles. The highest BCUT2D eigenvalue weighted by Crippen LogP contribution is 2.26. The van der Waals surface area contributed by atoms with E-state index in [-0.39, 0.29) is 31.4 Å². The molecule has 2 saturated heterocycles. The van der Waals surface area contributed by atoms with Crippen molar-refractivity contribution < 1.29 is 22.7 Å². The summed E-state index contributed by atoms with van der Waals surface area (Å²) in [5.74, 6) is -0.675. The number of piperazine rings is 1. The first kappa shape index (κ1) is 20.2. The van der Waals surface area contributed by atoms with Crippen molar-refractivity contribution in [1.82, 2.24) is 14.1 Å². The van der Waals surface area contributed by atoms with Crippen LogP contribution in [0.2, 0.25) is 0 Å². The monoisotopic (exact) mass is 400 g/mol. The van der Waals surface area contributed by atoms with Gasteiger partial charge in [-0.3, -0.25) is 9.69 Å². The molecule has 27 heavy (non-hydrogen) atoms. The van der Waals surface area contributed by atoms with Crippen LogP contribution in [0.15, 0.2) is 24.3 Å². The van der Waals surface area contributed by atoms with Gasteiger partial charge >= 0.3 is 0 Å². The normalized spacial score (nSPS) is 25.7. The lowest BCUT2D eigenvalue weighted by Gasteiger charge is -2.42. The molecule has 1 aromatic carbocycles. The lowest BCUT2D eigenvalue weighted by atomic mass is 9.90. The lowest BCUT2D eigenvalue weighted by molar-refractivity contribution is -0.160. The van der Waals surface area contributed by atoms with Gasteiger partial charge in [0.25, 0.3) is 16.1 Å². The molecule has 1 aromatic rings. The molecular formula is C17H25FN4O4S. The van der Waals surface area contributed by atoms with E-state index in [1.54, 1.807) is 17.0 Å². The van der Waals surface area contributed by atoms with Crippen molar-refractivity contribution in [2.24, 2.45) is 5.14 Å². The van der Waals surface area contributed by atoms with Crippen LogP contribution in [0.25, 0.3) is 0 Å². The van der Waals surface area contributed by atoms with E-state index in [4.69, 9.17) is 5.14 Å². The summed E-state index contributed by atoms with van der Waals surface area (Å²) in [5.41, 5.74) is -0.696.